The van der Waals surface area contributed by atoms with Gasteiger partial charge in [-0.2, -0.15) is 0 Å². The quantitative estimate of drug-likeness (QED) is 0.623. The SMILES string of the molecule is COCCN(C)CCCNC(=O)CC1CC2CCC(C1)N2. The Morgan fingerprint density at radius 1 is 1.29 bits per heavy atom. The lowest BCUT2D eigenvalue weighted by atomic mass is 9.89. The van der Waals surface area contributed by atoms with Gasteiger partial charge in [-0.25, -0.2) is 0 Å². The maximum Gasteiger partial charge on any atom is 0.220 e. The van der Waals surface area contributed by atoms with E-state index in [-0.39, 0.29) is 5.91 Å². The first kappa shape index (κ1) is 16.7. The molecule has 2 bridgehead atoms. The second-order valence-electron chi connectivity index (χ2n) is 6.68. The molecule has 0 aromatic carbocycles. The zero-order chi connectivity index (χ0) is 15.1. The van der Waals surface area contributed by atoms with Gasteiger partial charge in [0.1, 0.15) is 0 Å². The van der Waals surface area contributed by atoms with Gasteiger partial charge in [-0.1, -0.05) is 0 Å². The van der Waals surface area contributed by atoms with E-state index in [4.69, 9.17) is 4.74 Å². The average Bonchev–Trinajstić information content (AvgIpc) is 2.80. The van der Waals surface area contributed by atoms with Gasteiger partial charge in [0.15, 0.2) is 0 Å². The molecule has 2 N–H and O–H groups in total. The second-order valence-corrected chi connectivity index (χ2v) is 6.68. The van der Waals surface area contributed by atoms with E-state index in [1.54, 1.807) is 7.11 Å². The Bertz CT molecular complexity index is 313. The topological polar surface area (TPSA) is 53.6 Å². The van der Waals surface area contributed by atoms with Gasteiger partial charge in [0.05, 0.1) is 6.61 Å². The smallest absolute Gasteiger partial charge is 0.220 e. The summed E-state index contributed by atoms with van der Waals surface area (Å²) >= 11 is 0. The fourth-order valence-corrected chi connectivity index (χ4v) is 3.61. The zero-order valence-corrected chi connectivity index (χ0v) is 13.6. The van der Waals surface area contributed by atoms with Crippen molar-refractivity contribution in [2.24, 2.45) is 5.92 Å². The van der Waals surface area contributed by atoms with Crippen LogP contribution in [-0.4, -0.2) is 63.3 Å². The highest BCUT2D eigenvalue weighted by Crippen LogP contribution is 2.32. The normalized spacial score (nSPS) is 28.0. The van der Waals surface area contributed by atoms with E-state index in [1.165, 1.54) is 25.7 Å². The molecular weight excluding hydrogens is 266 g/mol. The number of rotatable bonds is 9. The summed E-state index contributed by atoms with van der Waals surface area (Å²) in [5.41, 5.74) is 0. The molecule has 2 fully saturated rings. The molecular formula is C16H31N3O2. The van der Waals surface area contributed by atoms with Crippen molar-refractivity contribution >= 4 is 5.91 Å². The van der Waals surface area contributed by atoms with E-state index >= 15 is 0 Å². The number of carbonyl (C=O) groups excluding carboxylic acids is 1. The molecule has 2 aliphatic rings. The summed E-state index contributed by atoms with van der Waals surface area (Å²) in [6.07, 6.45) is 6.69. The molecule has 2 rings (SSSR count). The number of nitrogens with zero attached hydrogens (tertiary/aromatic N) is 1. The molecule has 0 saturated carbocycles. The molecule has 21 heavy (non-hydrogen) atoms. The molecule has 0 aromatic heterocycles. The molecule has 0 aromatic rings. The first-order valence-electron chi connectivity index (χ1n) is 8.37. The van der Waals surface area contributed by atoms with Gasteiger partial charge in [0, 0.05) is 38.7 Å². The van der Waals surface area contributed by atoms with Crippen molar-refractivity contribution < 1.29 is 9.53 Å². The van der Waals surface area contributed by atoms with Crippen LogP contribution in [0, 0.1) is 5.92 Å². The van der Waals surface area contributed by atoms with Crippen LogP contribution in [0.1, 0.15) is 38.5 Å². The Labute approximate surface area is 128 Å². The zero-order valence-electron chi connectivity index (χ0n) is 13.6. The Morgan fingerprint density at radius 2 is 2.00 bits per heavy atom. The molecule has 2 atom stereocenters. The number of hydrogen-bond donors (Lipinski definition) is 2. The van der Waals surface area contributed by atoms with Crippen molar-refractivity contribution in [2.45, 2.75) is 50.6 Å². The molecule has 0 aliphatic carbocycles. The fourth-order valence-electron chi connectivity index (χ4n) is 3.61. The van der Waals surface area contributed by atoms with Crippen LogP contribution in [0.5, 0.6) is 0 Å². The Morgan fingerprint density at radius 3 is 2.67 bits per heavy atom. The van der Waals surface area contributed by atoms with Gasteiger partial charge in [0.25, 0.3) is 0 Å². The van der Waals surface area contributed by atoms with E-state index in [0.29, 0.717) is 24.4 Å². The fraction of sp³-hybridized carbons (Fsp3) is 0.938. The number of piperidine rings is 1. The summed E-state index contributed by atoms with van der Waals surface area (Å²) < 4.78 is 5.05. The minimum atomic E-state index is 0.237. The van der Waals surface area contributed by atoms with Crippen LogP contribution in [0.3, 0.4) is 0 Å². The molecule has 0 spiro atoms. The van der Waals surface area contributed by atoms with Gasteiger partial charge >= 0.3 is 0 Å². The maximum absolute atomic E-state index is 12.0. The van der Waals surface area contributed by atoms with Crippen LogP contribution in [0.15, 0.2) is 0 Å². The van der Waals surface area contributed by atoms with Crippen molar-refractivity contribution in [2.75, 3.05) is 40.4 Å². The summed E-state index contributed by atoms with van der Waals surface area (Å²) in [4.78, 5) is 14.2. The minimum absolute atomic E-state index is 0.237. The van der Waals surface area contributed by atoms with Gasteiger partial charge in [0.2, 0.25) is 5.91 Å². The number of hydrogen-bond acceptors (Lipinski definition) is 4. The molecule has 0 radical (unpaired) electrons. The molecule has 5 nitrogen and oxygen atoms in total. The number of carbonyl (C=O) groups is 1. The molecule has 2 unspecified atom stereocenters. The predicted octanol–water partition coefficient (Wildman–Crippen LogP) is 0.992. The number of methoxy groups -OCH3 is 1. The van der Waals surface area contributed by atoms with Crippen molar-refractivity contribution in [1.82, 2.24) is 15.5 Å². The number of likely N-dealkylation sites (N-methyl/N-ethyl adjacent to an activating group) is 1. The van der Waals surface area contributed by atoms with Crippen LogP contribution in [0.25, 0.3) is 0 Å². The Kier molecular flexibility index (Phi) is 6.93. The Balaban J connectivity index is 1.52. The lowest BCUT2D eigenvalue weighted by Gasteiger charge is -2.28. The van der Waals surface area contributed by atoms with E-state index < -0.39 is 0 Å². The van der Waals surface area contributed by atoms with Crippen LogP contribution in [0.2, 0.25) is 0 Å². The monoisotopic (exact) mass is 297 g/mol. The van der Waals surface area contributed by atoms with Crippen molar-refractivity contribution in [3.8, 4) is 0 Å². The summed E-state index contributed by atoms with van der Waals surface area (Å²) in [7, 11) is 3.81. The molecule has 122 valence electrons. The van der Waals surface area contributed by atoms with Gasteiger partial charge in [-0.15, -0.1) is 0 Å². The lowest BCUT2D eigenvalue weighted by Crippen LogP contribution is -2.40. The van der Waals surface area contributed by atoms with E-state index in [9.17, 15) is 4.79 Å². The van der Waals surface area contributed by atoms with Gasteiger partial charge in [-0.05, 0) is 51.6 Å². The summed E-state index contributed by atoms with van der Waals surface area (Å²) in [5, 5.41) is 6.70. The van der Waals surface area contributed by atoms with Gasteiger partial charge in [-0.3, -0.25) is 4.79 Å². The van der Waals surface area contributed by atoms with E-state index in [0.717, 1.165) is 32.7 Å². The standard InChI is InChI=1S/C16H31N3O2/c1-19(8-9-21-2)7-3-6-17-16(20)12-13-10-14-4-5-15(11-13)18-14/h13-15,18H,3-12H2,1-2H3,(H,17,20). The van der Waals surface area contributed by atoms with Gasteiger partial charge < -0.3 is 20.3 Å². The number of nitrogens with one attached hydrogen (secondary N) is 2. The highest BCUT2D eigenvalue weighted by Gasteiger charge is 2.33. The second kappa shape index (κ2) is 8.71. The third kappa shape index (κ3) is 5.93. The maximum atomic E-state index is 12.0. The van der Waals surface area contributed by atoms with Crippen LogP contribution < -0.4 is 10.6 Å². The average molecular weight is 297 g/mol. The number of ether oxygens (including phenoxy) is 1. The molecule has 5 heteroatoms. The molecule has 2 heterocycles. The predicted molar refractivity (Wildman–Crippen MR) is 84.3 cm³/mol. The third-order valence-corrected chi connectivity index (χ3v) is 4.76. The van der Waals surface area contributed by atoms with E-state index in [2.05, 4.69) is 22.6 Å². The minimum Gasteiger partial charge on any atom is -0.383 e. The first-order valence-corrected chi connectivity index (χ1v) is 8.37. The van der Waals surface area contributed by atoms with Crippen molar-refractivity contribution in [3.63, 3.8) is 0 Å². The number of amides is 1. The van der Waals surface area contributed by atoms with Crippen molar-refractivity contribution in [1.29, 1.82) is 0 Å². The number of fused-ring (bicyclic) bond motifs is 2. The Hall–Kier alpha value is -0.650. The third-order valence-electron chi connectivity index (χ3n) is 4.76. The van der Waals surface area contributed by atoms with Crippen molar-refractivity contribution in [3.05, 3.63) is 0 Å². The first-order chi connectivity index (χ1) is 10.2. The highest BCUT2D eigenvalue weighted by atomic mass is 16.5. The lowest BCUT2D eigenvalue weighted by molar-refractivity contribution is -0.122. The van der Waals surface area contributed by atoms with Crippen LogP contribution in [0.4, 0.5) is 0 Å². The molecule has 2 saturated heterocycles. The molecule has 1 amide bonds. The van der Waals surface area contributed by atoms with Crippen LogP contribution in [-0.2, 0) is 9.53 Å². The highest BCUT2D eigenvalue weighted by molar-refractivity contribution is 5.76. The summed E-state index contributed by atoms with van der Waals surface area (Å²) in [5.74, 6) is 0.828. The van der Waals surface area contributed by atoms with Crippen LogP contribution >= 0.6 is 0 Å². The summed E-state index contributed by atoms with van der Waals surface area (Å²) in [6.45, 7) is 3.50. The molecule has 2 aliphatic heterocycles. The summed E-state index contributed by atoms with van der Waals surface area (Å²) in [6, 6.07) is 1.35. The largest absolute Gasteiger partial charge is 0.383 e. The van der Waals surface area contributed by atoms with E-state index in [1.807, 2.05) is 0 Å².